The molecule has 0 aliphatic heterocycles. The first-order chi connectivity index (χ1) is 9.35. The first kappa shape index (κ1) is 16.4. The van der Waals surface area contributed by atoms with Crippen molar-refractivity contribution in [3.05, 3.63) is 28.5 Å². The van der Waals surface area contributed by atoms with E-state index in [1.807, 2.05) is 20.8 Å². The molecule has 6 heteroatoms. The summed E-state index contributed by atoms with van der Waals surface area (Å²) in [6.45, 7) is 5.75. The fraction of sp³-hybridized carbons (Fsp3) is 0.500. The summed E-state index contributed by atoms with van der Waals surface area (Å²) in [4.78, 5) is 27.3. The van der Waals surface area contributed by atoms with Crippen LogP contribution in [0.4, 0.5) is 0 Å². The van der Waals surface area contributed by atoms with Gasteiger partial charge >= 0.3 is 5.97 Å². The monoisotopic (exact) mass is 298 g/mol. The fourth-order valence-corrected chi connectivity index (χ4v) is 1.95. The lowest BCUT2D eigenvalue weighted by atomic mass is 10.1. The molecule has 20 heavy (non-hydrogen) atoms. The highest BCUT2D eigenvalue weighted by atomic mass is 35.5. The van der Waals surface area contributed by atoms with Crippen molar-refractivity contribution in [1.82, 2.24) is 10.3 Å². The first-order valence-corrected chi connectivity index (χ1v) is 6.94. The molecule has 0 aliphatic carbocycles. The Kier molecular flexibility index (Phi) is 5.95. The number of aliphatic carboxylic acids is 1. The molecule has 0 saturated carbocycles. The minimum absolute atomic E-state index is 0.131. The maximum atomic E-state index is 12.1. The van der Waals surface area contributed by atoms with Crippen LogP contribution < -0.4 is 5.32 Å². The van der Waals surface area contributed by atoms with Gasteiger partial charge in [0.05, 0.1) is 0 Å². The number of aromatic nitrogens is 1. The van der Waals surface area contributed by atoms with Crippen molar-refractivity contribution < 1.29 is 14.7 Å². The number of rotatable bonds is 6. The number of carbonyl (C=O) groups excluding carboxylic acids is 1. The molecule has 0 saturated heterocycles. The average Bonchev–Trinajstić information content (AvgIpc) is 2.37. The van der Waals surface area contributed by atoms with Crippen LogP contribution in [0.5, 0.6) is 0 Å². The maximum Gasteiger partial charge on any atom is 0.326 e. The number of pyridine rings is 1. The summed E-state index contributed by atoms with van der Waals surface area (Å²) in [5, 5.41) is 11.8. The number of amides is 1. The van der Waals surface area contributed by atoms with E-state index in [4.69, 9.17) is 16.7 Å². The highest BCUT2D eigenvalue weighted by molar-refractivity contribution is 6.29. The van der Waals surface area contributed by atoms with Crippen LogP contribution in [0.3, 0.4) is 0 Å². The van der Waals surface area contributed by atoms with Crippen molar-refractivity contribution in [2.24, 2.45) is 0 Å². The maximum absolute atomic E-state index is 12.1. The normalized spacial score (nSPS) is 12.2. The van der Waals surface area contributed by atoms with Crippen molar-refractivity contribution in [2.75, 3.05) is 0 Å². The third-order valence-corrected chi connectivity index (χ3v) is 3.04. The van der Waals surface area contributed by atoms with Crippen molar-refractivity contribution >= 4 is 23.5 Å². The van der Waals surface area contributed by atoms with Crippen LogP contribution in [0.15, 0.2) is 12.1 Å². The van der Waals surface area contributed by atoms with Gasteiger partial charge < -0.3 is 10.4 Å². The molecule has 0 aliphatic rings. The average molecular weight is 299 g/mol. The van der Waals surface area contributed by atoms with E-state index in [9.17, 15) is 9.59 Å². The topological polar surface area (TPSA) is 79.3 Å². The van der Waals surface area contributed by atoms with Crippen LogP contribution in [0.1, 0.15) is 55.6 Å². The third-order valence-electron chi connectivity index (χ3n) is 2.85. The molecule has 2 N–H and O–H groups in total. The van der Waals surface area contributed by atoms with E-state index in [1.54, 1.807) is 6.07 Å². The van der Waals surface area contributed by atoms with Gasteiger partial charge in [-0.2, -0.15) is 0 Å². The SMILES string of the molecule is CCCC(NC(=O)c1cc(Cl)nc(C(C)C)c1)C(=O)O. The molecule has 1 amide bonds. The second kappa shape index (κ2) is 7.24. The number of hydrogen-bond acceptors (Lipinski definition) is 3. The summed E-state index contributed by atoms with van der Waals surface area (Å²) >= 11 is 5.89. The molecule has 0 radical (unpaired) electrons. The molecular weight excluding hydrogens is 280 g/mol. The molecule has 1 atom stereocenters. The summed E-state index contributed by atoms with van der Waals surface area (Å²) in [6.07, 6.45) is 1.06. The molecule has 1 aromatic heterocycles. The van der Waals surface area contributed by atoms with Gasteiger partial charge in [0.1, 0.15) is 11.2 Å². The van der Waals surface area contributed by atoms with Crippen LogP contribution in [-0.4, -0.2) is 28.0 Å². The van der Waals surface area contributed by atoms with E-state index >= 15 is 0 Å². The molecule has 0 bridgehead atoms. The molecule has 1 heterocycles. The zero-order valence-corrected chi connectivity index (χ0v) is 12.6. The molecule has 1 unspecified atom stereocenters. The van der Waals surface area contributed by atoms with E-state index in [2.05, 4.69) is 10.3 Å². The smallest absolute Gasteiger partial charge is 0.326 e. The summed E-state index contributed by atoms with van der Waals surface area (Å²) in [5.74, 6) is -1.35. The number of hydrogen-bond donors (Lipinski definition) is 2. The van der Waals surface area contributed by atoms with Gasteiger partial charge in [-0.1, -0.05) is 38.8 Å². The molecule has 110 valence electrons. The highest BCUT2D eigenvalue weighted by Gasteiger charge is 2.20. The van der Waals surface area contributed by atoms with Crippen molar-refractivity contribution in [3.63, 3.8) is 0 Å². The van der Waals surface area contributed by atoms with Gasteiger partial charge in [-0.15, -0.1) is 0 Å². The number of halogens is 1. The number of nitrogens with one attached hydrogen (secondary N) is 1. The lowest BCUT2D eigenvalue weighted by molar-refractivity contribution is -0.139. The third kappa shape index (κ3) is 4.49. The standard InChI is InChI=1S/C14H19ClN2O3/c1-4-5-10(14(19)20)17-13(18)9-6-11(8(2)3)16-12(15)7-9/h6-8,10H,4-5H2,1-3H3,(H,17,18)(H,19,20). The first-order valence-electron chi connectivity index (χ1n) is 6.56. The van der Waals surface area contributed by atoms with Crippen LogP contribution in [0.2, 0.25) is 5.15 Å². The predicted octanol–water partition coefficient (Wildman–Crippen LogP) is 2.84. The second-order valence-electron chi connectivity index (χ2n) is 4.91. The van der Waals surface area contributed by atoms with E-state index in [-0.39, 0.29) is 11.1 Å². The zero-order chi connectivity index (χ0) is 15.3. The molecule has 0 fully saturated rings. The van der Waals surface area contributed by atoms with Gasteiger partial charge in [-0.25, -0.2) is 9.78 Å². The minimum atomic E-state index is -1.04. The summed E-state index contributed by atoms with van der Waals surface area (Å²) in [5.41, 5.74) is 1.03. The Hall–Kier alpha value is -1.62. The Labute approximate surface area is 123 Å². The quantitative estimate of drug-likeness (QED) is 0.792. The Morgan fingerprint density at radius 2 is 2.05 bits per heavy atom. The van der Waals surface area contributed by atoms with E-state index in [1.165, 1.54) is 6.07 Å². The number of carboxylic acid groups (broad SMARTS) is 1. The lowest BCUT2D eigenvalue weighted by Crippen LogP contribution is -2.40. The lowest BCUT2D eigenvalue weighted by Gasteiger charge is -2.14. The van der Waals surface area contributed by atoms with Crippen molar-refractivity contribution in [2.45, 2.75) is 45.6 Å². The molecular formula is C14H19ClN2O3. The van der Waals surface area contributed by atoms with E-state index < -0.39 is 17.9 Å². The summed E-state index contributed by atoms with van der Waals surface area (Å²) in [6, 6.07) is 2.19. The van der Waals surface area contributed by atoms with Gasteiger partial charge in [0.2, 0.25) is 0 Å². The van der Waals surface area contributed by atoms with Crippen LogP contribution in [0, 0.1) is 0 Å². The number of carboxylic acids is 1. The molecule has 1 rings (SSSR count). The second-order valence-corrected chi connectivity index (χ2v) is 5.30. The summed E-state index contributed by atoms with van der Waals surface area (Å²) < 4.78 is 0. The van der Waals surface area contributed by atoms with Crippen molar-refractivity contribution in [1.29, 1.82) is 0 Å². The Bertz CT molecular complexity index is 503. The molecule has 0 aromatic carbocycles. The Morgan fingerprint density at radius 3 is 2.55 bits per heavy atom. The van der Waals surface area contributed by atoms with Crippen LogP contribution in [-0.2, 0) is 4.79 Å². The Balaban J connectivity index is 2.94. The van der Waals surface area contributed by atoms with Gasteiger partial charge in [0.25, 0.3) is 5.91 Å². The van der Waals surface area contributed by atoms with E-state index in [0.717, 1.165) is 0 Å². The molecule has 0 spiro atoms. The Morgan fingerprint density at radius 1 is 1.40 bits per heavy atom. The van der Waals surface area contributed by atoms with Gasteiger partial charge in [-0.05, 0) is 24.5 Å². The number of carbonyl (C=O) groups is 2. The van der Waals surface area contributed by atoms with Gasteiger partial charge in [0.15, 0.2) is 0 Å². The van der Waals surface area contributed by atoms with Crippen LogP contribution in [0.25, 0.3) is 0 Å². The largest absolute Gasteiger partial charge is 0.480 e. The van der Waals surface area contributed by atoms with Crippen LogP contribution >= 0.6 is 11.6 Å². The van der Waals surface area contributed by atoms with E-state index in [0.29, 0.717) is 24.1 Å². The zero-order valence-electron chi connectivity index (χ0n) is 11.8. The number of nitrogens with zero attached hydrogens (tertiary/aromatic N) is 1. The molecule has 5 nitrogen and oxygen atoms in total. The fourth-order valence-electron chi connectivity index (χ4n) is 1.73. The highest BCUT2D eigenvalue weighted by Crippen LogP contribution is 2.17. The predicted molar refractivity (Wildman–Crippen MR) is 77.1 cm³/mol. The summed E-state index contributed by atoms with van der Waals surface area (Å²) in [7, 11) is 0. The van der Waals surface area contributed by atoms with Gasteiger partial charge in [0, 0.05) is 11.3 Å². The van der Waals surface area contributed by atoms with Gasteiger partial charge in [-0.3, -0.25) is 4.79 Å². The van der Waals surface area contributed by atoms with Crippen molar-refractivity contribution in [3.8, 4) is 0 Å². The minimum Gasteiger partial charge on any atom is -0.480 e. The molecule has 1 aromatic rings.